The quantitative estimate of drug-likeness (QED) is 0.790. The zero-order valence-electron chi connectivity index (χ0n) is 13.9. The average molecular weight is 319 g/mol. The summed E-state index contributed by atoms with van der Waals surface area (Å²) in [4.78, 5) is 11.8. The van der Waals surface area contributed by atoms with E-state index in [4.69, 9.17) is 18.8 Å². The van der Waals surface area contributed by atoms with Gasteiger partial charge in [-0.3, -0.25) is 0 Å². The van der Waals surface area contributed by atoms with Crippen LogP contribution in [0.5, 0.6) is 0 Å². The van der Waals surface area contributed by atoms with Crippen LogP contribution in [0, 0.1) is 0 Å². The first-order valence-electron chi connectivity index (χ1n) is 7.84. The van der Waals surface area contributed by atoms with E-state index in [2.05, 4.69) is 5.32 Å². The van der Waals surface area contributed by atoms with E-state index in [0.717, 1.165) is 16.6 Å². The summed E-state index contributed by atoms with van der Waals surface area (Å²) in [6, 6.07) is 0. The van der Waals surface area contributed by atoms with Crippen LogP contribution in [0.25, 0.3) is 0 Å². The van der Waals surface area contributed by atoms with Crippen LogP contribution in [-0.2, 0) is 18.8 Å². The Morgan fingerprint density at radius 1 is 1.43 bits per heavy atom. The maximum Gasteiger partial charge on any atom is 0.495 e. The molecule has 0 aromatic carbocycles. The van der Waals surface area contributed by atoms with Gasteiger partial charge in [-0.25, -0.2) is 4.79 Å². The van der Waals surface area contributed by atoms with Crippen molar-refractivity contribution in [1.29, 1.82) is 0 Å². The van der Waals surface area contributed by atoms with Crippen LogP contribution >= 0.6 is 0 Å². The highest BCUT2D eigenvalue weighted by atomic mass is 16.6. The molecule has 124 valence electrons. The lowest BCUT2D eigenvalue weighted by Gasteiger charge is -2.26. The van der Waals surface area contributed by atoms with E-state index in [1.807, 2.05) is 39.8 Å². The first-order valence-corrected chi connectivity index (χ1v) is 7.84. The highest BCUT2D eigenvalue weighted by Crippen LogP contribution is 2.36. The Morgan fingerprint density at radius 3 is 2.96 bits per heavy atom. The summed E-state index contributed by atoms with van der Waals surface area (Å²) >= 11 is 0. The molecule has 0 aromatic rings. The van der Waals surface area contributed by atoms with Crippen molar-refractivity contribution < 1.29 is 23.6 Å². The van der Waals surface area contributed by atoms with Crippen LogP contribution in [-0.4, -0.2) is 44.2 Å². The number of nitrogens with one attached hydrogen (secondary N) is 1. The molecule has 3 rings (SSSR count). The predicted octanol–water partition coefficient (Wildman–Crippen LogP) is 2.12. The molecule has 3 aliphatic rings. The average Bonchev–Trinajstić information content (AvgIpc) is 2.63. The summed E-state index contributed by atoms with van der Waals surface area (Å²) < 4.78 is 22.5. The zero-order valence-corrected chi connectivity index (χ0v) is 13.9. The number of hydrogen-bond donors (Lipinski definition) is 1. The maximum absolute atomic E-state index is 11.8. The highest BCUT2D eigenvalue weighted by Gasteiger charge is 2.43. The third kappa shape index (κ3) is 3.62. The molecule has 1 N–H and O–H groups in total. The Kier molecular flexibility index (Phi) is 4.25. The van der Waals surface area contributed by atoms with Crippen LogP contribution in [0.2, 0.25) is 0 Å². The minimum Gasteiger partial charge on any atom is -0.497 e. The number of rotatable bonds is 2. The lowest BCUT2D eigenvalue weighted by Crippen LogP contribution is -2.41. The fourth-order valence-corrected chi connectivity index (χ4v) is 2.82. The SMILES string of the molecule is CC1OB2OC(CNC(=O)OC(C)(C)C)C=C3C=COCC1=C23. The van der Waals surface area contributed by atoms with Crippen molar-refractivity contribution in [3.63, 3.8) is 0 Å². The van der Waals surface area contributed by atoms with Gasteiger partial charge in [0.25, 0.3) is 0 Å². The van der Waals surface area contributed by atoms with Gasteiger partial charge in [0.05, 0.1) is 18.5 Å². The van der Waals surface area contributed by atoms with Crippen molar-refractivity contribution in [1.82, 2.24) is 5.32 Å². The molecule has 1 amide bonds. The minimum atomic E-state index is -0.522. The van der Waals surface area contributed by atoms with E-state index in [0.29, 0.717) is 13.2 Å². The zero-order chi connectivity index (χ0) is 16.6. The second-order valence-electron chi connectivity index (χ2n) is 6.84. The first kappa shape index (κ1) is 16.1. The molecule has 0 saturated heterocycles. The van der Waals surface area contributed by atoms with Gasteiger partial charge in [0.2, 0.25) is 0 Å². The van der Waals surface area contributed by atoms with E-state index in [1.54, 1.807) is 6.26 Å². The fraction of sp³-hybridized carbons (Fsp3) is 0.562. The molecule has 3 heterocycles. The van der Waals surface area contributed by atoms with Crippen molar-refractivity contribution in [3.05, 3.63) is 35.0 Å². The Morgan fingerprint density at radius 2 is 2.22 bits per heavy atom. The Balaban J connectivity index is 1.68. The van der Waals surface area contributed by atoms with Crippen LogP contribution in [0.15, 0.2) is 35.0 Å². The van der Waals surface area contributed by atoms with E-state index in [9.17, 15) is 4.79 Å². The summed E-state index contributed by atoms with van der Waals surface area (Å²) in [5.41, 5.74) is 2.69. The summed E-state index contributed by atoms with van der Waals surface area (Å²) in [5, 5.41) is 2.73. The van der Waals surface area contributed by atoms with E-state index < -0.39 is 18.8 Å². The molecule has 7 heteroatoms. The molecule has 0 spiro atoms. The third-order valence-electron chi connectivity index (χ3n) is 3.80. The van der Waals surface area contributed by atoms with Gasteiger partial charge in [0.1, 0.15) is 12.2 Å². The van der Waals surface area contributed by atoms with Crippen LogP contribution in [0.1, 0.15) is 27.7 Å². The monoisotopic (exact) mass is 319 g/mol. The van der Waals surface area contributed by atoms with Crippen LogP contribution in [0.4, 0.5) is 4.79 Å². The van der Waals surface area contributed by atoms with Gasteiger partial charge >= 0.3 is 13.2 Å². The molecule has 0 radical (unpaired) electrons. The number of alkyl carbamates (subject to hydrolysis) is 1. The molecule has 2 unspecified atom stereocenters. The summed E-state index contributed by atoms with van der Waals surface area (Å²) in [7, 11) is -0.406. The standard InChI is InChI=1S/C16H22BNO5/c1-10-13-9-20-6-5-11-7-12(23-17(22-10)14(11)13)8-18-15(19)21-16(2,3)4/h5-7,10,12H,8-9H2,1-4H3,(H,18,19). The lowest BCUT2D eigenvalue weighted by atomic mass is 9.70. The number of carbonyl (C=O) groups excluding carboxylic acids is 1. The van der Waals surface area contributed by atoms with Crippen molar-refractivity contribution in [2.75, 3.05) is 13.2 Å². The van der Waals surface area contributed by atoms with Crippen LogP contribution in [0.3, 0.4) is 0 Å². The van der Waals surface area contributed by atoms with E-state index in [1.165, 1.54) is 0 Å². The van der Waals surface area contributed by atoms with Crippen molar-refractivity contribution in [3.8, 4) is 0 Å². The van der Waals surface area contributed by atoms with E-state index >= 15 is 0 Å². The molecular formula is C16H22BNO5. The number of ether oxygens (including phenoxy) is 2. The van der Waals surface area contributed by atoms with Gasteiger partial charge in [-0.2, -0.15) is 0 Å². The first-order chi connectivity index (χ1) is 10.8. The van der Waals surface area contributed by atoms with Crippen LogP contribution < -0.4 is 5.32 Å². The fourth-order valence-electron chi connectivity index (χ4n) is 2.82. The maximum atomic E-state index is 11.8. The molecule has 3 aliphatic heterocycles. The largest absolute Gasteiger partial charge is 0.497 e. The summed E-state index contributed by atoms with van der Waals surface area (Å²) in [6.07, 6.45) is 4.83. The second-order valence-corrected chi connectivity index (χ2v) is 6.84. The molecule has 0 fully saturated rings. The van der Waals surface area contributed by atoms with E-state index in [-0.39, 0.29) is 12.2 Å². The van der Waals surface area contributed by atoms with Gasteiger partial charge < -0.3 is 24.1 Å². The topological polar surface area (TPSA) is 66.0 Å². The smallest absolute Gasteiger partial charge is 0.495 e. The Bertz CT molecular complexity index is 590. The lowest BCUT2D eigenvalue weighted by molar-refractivity contribution is 0.0501. The van der Waals surface area contributed by atoms with Gasteiger partial charge in [-0.15, -0.1) is 0 Å². The van der Waals surface area contributed by atoms with Crippen molar-refractivity contribution >= 4 is 13.2 Å². The molecule has 0 bridgehead atoms. The van der Waals surface area contributed by atoms with Gasteiger partial charge in [0.15, 0.2) is 0 Å². The predicted molar refractivity (Wildman–Crippen MR) is 85.6 cm³/mol. The van der Waals surface area contributed by atoms with Crippen molar-refractivity contribution in [2.24, 2.45) is 0 Å². The highest BCUT2D eigenvalue weighted by molar-refractivity contribution is 6.57. The summed E-state index contributed by atoms with van der Waals surface area (Å²) in [6.45, 7) is 8.32. The van der Waals surface area contributed by atoms with Gasteiger partial charge in [0, 0.05) is 6.54 Å². The van der Waals surface area contributed by atoms with Gasteiger partial charge in [-0.05, 0) is 56.5 Å². The number of allylic oxidation sites excluding steroid dienone is 3. The number of carbonyl (C=O) groups is 1. The minimum absolute atomic E-state index is 0.0316. The molecule has 0 aliphatic carbocycles. The Labute approximate surface area is 136 Å². The third-order valence-corrected chi connectivity index (χ3v) is 3.80. The molecule has 2 atom stereocenters. The second kappa shape index (κ2) is 6.05. The normalized spacial score (nSPS) is 26.3. The van der Waals surface area contributed by atoms with Crippen molar-refractivity contribution in [2.45, 2.75) is 45.5 Å². The molecule has 0 saturated carbocycles. The van der Waals surface area contributed by atoms with Gasteiger partial charge in [-0.1, -0.05) is 0 Å². The molecule has 6 nitrogen and oxygen atoms in total. The molecule has 23 heavy (non-hydrogen) atoms. The molecular weight excluding hydrogens is 297 g/mol. The number of amides is 1. The summed E-state index contributed by atoms with van der Waals surface area (Å²) in [5.74, 6) is 0. The Hall–Kier alpha value is -1.73. The number of hydrogen-bond acceptors (Lipinski definition) is 5. The molecule has 0 aromatic heterocycles.